The maximum Gasteiger partial charge on any atom is 0.339 e. The molecule has 2 aliphatic heterocycles. The van der Waals surface area contributed by atoms with Crippen LogP contribution in [0.3, 0.4) is 0 Å². The molecule has 19 heteroatoms. The second-order valence-corrected chi connectivity index (χ2v) is 9.40. The van der Waals surface area contributed by atoms with Gasteiger partial charge in [-0.05, 0) is 0 Å². The third-order valence-corrected chi connectivity index (χ3v) is 5.89. The van der Waals surface area contributed by atoms with Crippen LogP contribution in [0.25, 0.3) is 0 Å². The van der Waals surface area contributed by atoms with E-state index in [1.807, 2.05) is 0 Å². The quantitative estimate of drug-likeness (QED) is 0.148. The first-order valence-corrected chi connectivity index (χ1v) is 13.0. The average molecular weight is 638 g/mol. The molecule has 0 aromatic heterocycles. The average Bonchev–Trinajstić information content (AvgIpc) is 2.90. The van der Waals surface area contributed by atoms with Crippen LogP contribution in [0.2, 0.25) is 0 Å². The Morgan fingerprint density at radius 2 is 0.932 bits per heavy atom. The van der Waals surface area contributed by atoms with Crippen LogP contribution >= 0.6 is 0 Å². The molecule has 0 aromatic rings. The van der Waals surface area contributed by atoms with Gasteiger partial charge in [-0.3, -0.25) is 33.6 Å². The number of carbonyl (C=O) groups is 7. The van der Waals surface area contributed by atoms with Gasteiger partial charge in [-0.1, -0.05) is 0 Å². The molecule has 2 unspecified atom stereocenters. The Labute approximate surface area is 250 Å². The molecule has 2 N–H and O–H groups in total. The summed E-state index contributed by atoms with van der Waals surface area (Å²) in [6.07, 6.45) is -16.0. The molecule has 248 valence electrons. The van der Waals surface area contributed by atoms with E-state index in [0.29, 0.717) is 0 Å². The van der Waals surface area contributed by atoms with Crippen LogP contribution in [0.4, 0.5) is 0 Å². The smallest absolute Gasteiger partial charge is 0.339 e. The summed E-state index contributed by atoms with van der Waals surface area (Å²) in [5.41, 5.74) is 0. The summed E-state index contributed by atoms with van der Waals surface area (Å²) in [4.78, 5) is 89.1. The van der Waals surface area contributed by atoms with Crippen molar-refractivity contribution in [3.8, 4) is 0 Å². The zero-order valence-electron chi connectivity index (χ0n) is 24.9. The molecule has 0 amide bonds. The SMILES string of the molecule is COC(=O)C1OC(OC[C@H]2O[C@@H](ON)[C@H](OC(C)=O)[C@@H](OC(C)=O)[C@H]2OC(C)=O)[C@H](OC(C)=O)[C@@H](OC(C)=O)[C@@H]1OC(C)=O. The third kappa shape index (κ3) is 9.81. The molecule has 2 heterocycles. The minimum absolute atomic E-state index is 0.663. The van der Waals surface area contributed by atoms with Crippen molar-refractivity contribution in [3.63, 3.8) is 0 Å². The number of nitrogens with two attached hydrogens (primary N) is 1. The first-order chi connectivity index (χ1) is 20.6. The Balaban J connectivity index is 2.52. The van der Waals surface area contributed by atoms with E-state index < -0.39 is 110 Å². The Bertz CT molecular complexity index is 1090. The Hall–Kier alpha value is -3.91. The number of hydrogen-bond donors (Lipinski definition) is 1. The number of hydrogen-bond acceptors (Lipinski definition) is 19. The number of esters is 7. The fraction of sp³-hybridized carbons (Fsp3) is 0.720. The highest BCUT2D eigenvalue weighted by Gasteiger charge is 2.57. The van der Waals surface area contributed by atoms with Crippen molar-refractivity contribution in [1.82, 2.24) is 0 Å². The topological polar surface area (TPSA) is 247 Å². The number of rotatable bonds is 11. The van der Waals surface area contributed by atoms with Crippen LogP contribution in [0.5, 0.6) is 0 Å². The van der Waals surface area contributed by atoms with Gasteiger partial charge in [-0.2, -0.15) is 0 Å². The fourth-order valence-corrected chi connectivity index (χ4v) is 4.50. The Morgan fingerprint density at radius 1 is 0.545 bits per heavy atom. The summed E-state index contributed by atoms with van der Waals surface area (Å²) in [5.74, 6) is -1.05. The van der Waals surface area contributed by atoms with Gasteiger partial charge in [0.15, 0.2) is 49.0 Å². The molecule has 0 spiro atoms. The summed E-state index contributed by atoms with van der Waals surface area (Å²) in [6.45, 7) is 5.49. The molecule has 44 heavy (non-hydrogen) atoms. The first kappa shape index (κ1) is 36.3. The second kappa shape index (κ2) is 16.2. The van der Waals surface area contributed by atoms with Crippen molar-refractivity contribution in [2.24, 2.45) is 5.90 Å². The van der Waals surface area contributed by atoms with Crippen molar-refractivity contribution in [2.45, 2.75) is 103 Å². The molecule has 0 aliphatic carbocycles. The predicted octanol–water partition coefficient (Wildman–Crippen LogP) is -1.89. The van der Waals surface area contributed by atoms with Gasteiger partial charge in [0.1, 0.15) is 6.10 Å². The van der Waals surface area contributed by atoms with Crippen LogP contribution in [-0.2, 0) is 85.8 Å². The van der Waals surface area contributed by atoms with Crippen LogP contribution in [0, 0.1) is 0 Å². The molecule has 2 aliphatic rings. The summed E-state index contributed by atoms with van der Waals surface area (Å²) in [6, 6.07) is 0. The molecule has 0 aromatic carbocycles. The largest absolute Gasteiger partial charge is 0.467 e. The van der Waals surface area contributed by atoms with Gasteiger partial charge in [-0.25, -0.2) is 10.7 Å². The van der Waals surface area contributed by atoms with Crippen LogP contribution in [-0.4, -0.2) is 117 Å². The lowest BCUT2D eigenvalue weighted by atomic mass is 9.97. The van der Waals surface area contributed by atoms with Crippen LogP contribution in [0.1, 0.15) is 41.5 Å². The lowest BCUT2D eigenvalue weighted by molar-refractivity contribution is -0.332. The van der Waals surface area contributed by atoms with Crippen molar-refractivity contribution in [3.05, 3.63) is 0 Å². The molecule has 0 radical (unpaired) electrons. The summed E-state index contributed by atoms with van der Waals surface area (Å²) >= 11 is 0. The Morgan fingerprint density at radius 3 is 1.36 bits per heavy atom. The van der Waals surface area contributed by atoms with E-state index in [1.54, 1.807) is 0 Å². The van der Waals surface area contributed by atoms with Crippen molar-refractivity contribution < 1.29 is 85.8 Å². The van der Waals surface area contributed by atoms with Crippen molar-refractivity contribution in [2.75, 3.05) is 13.7 Å². The van der Waals surface area contributed by atoms with E-state index in [9.17, 15) is 33.6 Å². The Kier molecular flexibility index (Phi) is 13.4. The van der Waals surface area contributed by atoms with Gasteiger partial charge in [-0.15, -0.1) is 0 Å². The molecule has 10 atom stereocenters. The predicted molar refractivity (Wildman–Crippen MR) is 134 cm³/mol. The van der Waals surface area contributed by atoms with Gasteiger partial charge >= 0.3 is 41.8 Å². The minimum atomic E-state index is -1.76. The van der Waals surface area contributed by atoms with Gasteiger partial charge in [0.05, 0.1) is 13.7 Å². The molecular weight excluding hydrogens is 602 g/mol. The van der Waals surface area contributed by atoms with E-state index in [0.717, 1.165) is 48.7 Å². The molecule has 0 bridgehead atoms. The first-order valence-electron chi connectivity index (χ1n) is 13.0. The maximum absolute atomic E-state index is 12.7. The third-order valence-electron chi connectivity index (χ3n) is 5.89. The summed E-state index contributed by atoms with van der Waals surface area (Å²) in [5, 5.41) is 0. The van der Waals surface area contributed by atoms with Crippen LogP contribution in [0.15, 0.2) is 0 Å². The van der Waals surface area contributed by atoms with Crippen molar-refractivity contribution in [1.29, 1.82) is 0 Å². The van der Waals surface area contributed by atoms with E-state index >= 15 is 0 Å². The number of ether oxygens (including phenoxy) is 10. The van der Waals surface area contributed by atoms with Crippen molar-refractivity contribution >= 4 is 41.8 Å². The highest BCUT2D eigenvalue weighted by atomic mass is 16.8. The van der Waals surface area contributed by atoms with E-state index in [2.05, 4.69) is 0 Å². The highest BCUT2D eigenvalue weighted by Crippen LogP contribution is 2.33. The van der Waals surface area contributed by atoms with E-state index in [4.69, 9.17) is 58.1 Å². The monoisotopic (exact) mass is 637 g/mol. The lowest BCUT2D eigenvalue weighted by Gasteiger charge is -2.45. The van der Waals surface area contributed by atoms with E-state index in [1.165, 1.54) is 0 Å². The van der Waals surface area contributed by atoms with Crippen LogP contribution < -0.4 is 5.90 Å². The van der Waals surface area contributed by atoms with Gasteiger partial charge in [0.2, 0.25) is 6.29 Å². The molecule has 0 saturated carbocycles. The molecule has 2 fully saturated rings. The zero-order chi connectivity index (χ0) is 33.3. The molecule has 19 nitrogen and oxygen atoms in total. The zero-order valence-corrected chi connectivity index (χ0v) is 24.9. The maximum atomic E-state index is 12.7. The summed E-state index contributed by atoms with van der Waals surface area (Å²) < 4.78 is 53.5. The normalized spacial score (nSPS) is 31.5. The molecule has 2 rings (SSSR count). The van der Waals surface area contributed by atoms with Gasteiger partial charge in [0.25, 0.3) is 0 Å². The van der Waals surface area contributed by atoms with Gasteiger partial charge < -0.3 is 47.4 Å². The molecular formula is C25H35NO18. The highest BCUT2D eigenvalue weighted by molar-refractivity contribution is 5.77. The lowest BCUT2D eigenvalue weighted by Crippen LogP contribution is -2.65. The summed E-state index contributed by atoms with van der Waals surface area (Å²) in [7, 11) is 1.01. The number of carbonyl (C=O) groups excluding carboxylic acids is 7. The second-order valence-electron chi connectivity index (χ2n) is 9.40. The van der Waals surface area contributed by atoms with E-state index in [-0.39, 0.29) is 0 Å². The van der Waals surface area contributed by atoms with Gasteiger partial charge in [0, 0.05) is 41.5 Å². The number of methoxy groups -OCH3 is 1. The fourth-order valence-electron chi connectivity index (χ4n) is 4.50. The minimum Gasteiger partial charge on any atom is -0.467 e. The standard InChI is InChI=1S/C25H35NO18/c1-9(27)36-16-15(42-25(44-26)22(41-14(6)32)17(16)37-10(2)28)8-35-24-21(40-13(5)31)19(39-12(4)30)18(38-11(3)29)20(43-24)23(33)34-7/h15-22,24-25H,8,26H2,1-7H3/t15-,16+,17+,18+,19+,20?,21-,22-,24?,25+/m1/s1. The molecule has 2 saturated heterocycles.